The molecule has 2 aromatic carbocycles. The Bertz CT molecular complexity index is 836. The smallest absolute Gasteiger partial charge is 0.244 e. The van der Waals surface area contributed by atoms with E-state index in [1.165, 1.54) is 37.7 Å². The number of nitrogens with one attached hydrogen (secondary N) is 1. The van der Waals surface area contributed by atoms with Crippen molar-refractivity contribution in [2.45, 2.75) is 51.2 Å². The molecular weight excluding hydrogens is 424 g/mol. The van der Waals surface area contributed by atoms with Crippen LogP contribution in [0.4, 0.5) is 0 Å². The van der Waals surface area contributed by atoms with Crippen LogP contribution in [0.3, 0.4) is 0 Å². The third kappa shape index (κ3) is 6.83. The highest BCUT2D eigenvalue weighted by Crippen LogP contribution is 2.27. The Kier molecular flexibility index (Phi) is 7.68. The van der Waals surface area contributed by atoms with Gasteiger partial charge in [-0.2, -0.15) is 0 Å². The van der Waals surface area contributed by atoms with Crippen LogP contribution in [0.25, 0.3) is 6.08 Å². The average molecular weight is 456 g/mol. The van der Waals surface area contributed by atoms with Crippen molar-refractivity contribution in [1.29, 1.82) is 0 Å². The molecule has 1 fully saturated rings. The monoisotopic (exact) mass is 455 g/mol. The van der Waals surface area contributed by atoms with Gasteiger partial charge in [-0.15, -0.1) is 0 Å². The molecule has 4 heteroatoms. The van der Waals surface area contributed by atoms with Crippen LogP contribution in [-0.2, 0) is 17.9 Å². The number of hydrogen-bond acceptors (Lipinski definition) is 1. The van der Waals surface area contributed by atoms with Crippen molar-refractivity contribution in [3.05, 3.63) is 75.8 Å². The third-order valence-corrected chi connectivity index (χ3v) is 6.41. The van der Waals surface area contributed by atoms with Gasteiger partial charge < -0.3 is 9.80 Å². The SMILES string of the molecule is C[N+](C)(Cc1ccc(CNC(=O)/C=C/c2cccc(Br)c2)cc1)C1CCCCC1. The highest BCUT2D eigenvalue weighted by molar-refractivity contribution is 9.10. The van der Waals surface area contributed by atoms with E-state index in [1.807, 2.05) is 30.3 Å². The molecule has 0 radical (unpaired) electrons. The molecule has 3 rings (SSSR count). The first-order chi connectivity index (χ1) is 13.9. The first kappa shape index (κ1) is 21.8. The zero-order chi connectivity index (χ0) is 20.7. The zero-order valence-corrected chi connectivity index (χ0v) is 19.1. The van der Waals surface area contributed by atoms with Gasteiger partial charge in [0.15, 0.2) is 0 Å². The fourth-order valence-electron chi connectivity index (χ4n) is 4.17. The summed E-state index contributed by atoms with van der Waals surface area (Å²) < 4.78 is 2.07. The van der Waals surface area contributed by atoms with Crippen LogP contribution >= 0.6 is 15.9 Å². The van der Waals surface area contributed by atoms with Gasteiger partial charge in [0.25, 0.3) is 0 Å². The molecule has 0 bridgehead atoms. The summed E-state index contributed by atoms with van der Waals surface area (Å²) in [4.78, 5) is 12.1. The molecule has 29 heavy (non-hydrogen) atoms. The molecule has 0 aromatic heterocycles. The van der Waals surface area contributed by atoms with Gasteiger partial charge in [0.1, 0.15) is 6.54 Å². The molecule has 2 aromatic rings. The molecule has 0 atom stereocenters. The van der Waals surface area contributed by atoms with Crippen LogP contribution in [0.2, 0.25) is 0 Å². The Morgan fingerprint density at radius 3 is 2.45 bits per heavy atom. The largest absolute Gasteiger partial charge is 0.348 e. The molecule has 1 amide bonds. The van der Waals surface area contributed by atoms with E-state index in [0.717, 1.165) is 32.7 Å². The van der Waals surface area contributed by atoms with Gasteiger partial charge in [0, 0.05) is 22.7 Å². The van der Waals surface area contributed by atoms with Crippen molar-refractivity contribution >= 4 is 27.9 Å². The summed E-state index contributed by atoms with van der Waals surface area (Å²) in [6, 6.07) is 17.3. The predicted molar refractivity (Wildman–Crippen MR) is 124 cm³/mol. The molecule has 0 unspecified atom stereocenters. The van der Waals surface area contributed by atoms with Crippen LogP contribution in [0.15, 0.2) is 59.1 Å². The summed E-state index contributed by atoms with van der Waals surface area (Å²) in [6.07, 6.45) is 10.3. The Labute approximate surface area is 183 Å². The van der Waals surface area contributed by atoms with Crippen LogP contribution in [-0.4, -0.2) is 30.5 Å². The van der Waals surface area contributed by atoms with E-state index in [4.69, 9.17) is 0 Å². The van der Waals surface area contributed by atoms with Gasteiger partial charge in [0.2, 0.25) is 5.91 Å². The first-order valence-electron chi connectivity index (χ1n) is 10.5. The topological polar surface area (TPSA) is 29.1 Å². The van der Waals surface area contributed by atoms with Crippen molar-refractivity contribution in [2.75, 3.05) is 14.1 Å². The second kappa shape index (κ2) is 10.2. The lowest BCUT2D eigenvalue weighted by molar-refractivity contribution is -0.929. The van der Waals surface area contributed by atoms with Gasteiger partial charge in [-0.1, -0.05) is 58.7 Å². The first-order valence-corrected chi connectivity index (χ1v) is 11.3. The molecule has 1 N–H and O–H groups in total. The van der Waals surface area contributed by atoms with E-state index in [9.17, 15) is 4.79 Å². The maximum atomic E-state index is 12.1. The molecule has 0 heterocycles. The van der Waals surface area contributed by atoms with Gasteiger partial charge in [0.05, 0.1) is 20.1 Å². The maximum Gasteiger partial charge on any atom is 0.244 e. The Morgan fingerprint density at radius 1 is 1.07 bits per heavy atom. The minimum Gasteiger partial charge on any atom is -0.348 e. The second-order valence-corrected chi connectivity index (χ2v) is 9.57. The summed E-state index contributed by atoms with van der Waals surface area (Å²) in [5.41, 5.74) is 3.49. The summed E-state index contributed by atoms with van der Waals surface area (Å²) in [6.45, 7) is 1.61. The van der Waals surface area contributed by atoms with Gasteiger partial charge >= 0.3 is 0 Å². The minimum atomic E-state index is -0.0795. The van der Waals surface area contributed by atoms with Crippen molar-refractivity contribution in [3.8, 4) is 0 Å². The fraction of sp³-hybridized carbons (Fsp3) is 0.400. The van der Waals surface area contributed by atoms with Gasteiger partial charge in [-0.25, -0.2) is 0 Å². The van der Waals surface area contributed by atoms with Crippen molar-refractivity contribution in [3.63, 3.8) is 0 Å². The van der Waals surface area contributed by atoms with Gasteiger partial charge in [-0.3, -0.25) is 4.79 Å². The number of halogens is 1. The third-order valence-electron chi connectivity index (χ3n) is 5.92. The predicted octanol–water partition coefficient (Wildman–Crippen LogP) is 5.69. The molecule has 1 aliphatic rings. The van der Waals surface area contributed by atoms with Gasteiger partial charge in [-0.05, 0) is 55.0 Å². The van der Waals surface area contributed by atoms with Crippen molar-refractivity contribution < 1.29 is 9.28 Å². The van der Waals surface area contributed by atoms with Crippen molar-refractivity contribution in [2.24, 2.45) is 0 Å². The second-order valence-electron chi connectivity index (χ2n) is 8.65. The van der Waals surface area contributed by atoms with Crippen molar-refractivity contribution in [1.82, 2.24) is 5.32 Å². The lowest BCUT2D eigenvalue weighted by Crippen LogP contribution is -2.48. The van der Waals surface area contributed by atoms with E-state index in [1.54, 1.807) is 6.08 Å². The molecule has 1 saturated carbocycles. The Morgan fingerprint density at radius 2 is 1.76 bits per heavy atom. The Hall–Kier alpha value is -1.91. The van der Waals surface area contributed by atoms with E-state index < -0.39 is 0 Å². The lowest BCUT2D eigenvalue weighted by Gasteiger charge is -2.40. The fourth-order valence-corrected chi connectivity index (χ4v) is 4.59. The molecule has 0 aliphatic heterocycles. The number of quaternary nitrogens is 1. The highest BCUT2D eigenvalue weighted by atomic mass is 79.9. The van der Waals surface area contributed by atoms with E-state index in [-0.39, 0.29) is 5.91 Å². The number of benzene rings is 2. The standard InChI is InChI=1S/C25H31BrN2O/c1-28(2,24-9-4-3-5-10-24)19-22-13-11-21(12-14-22)18-27-25(29)16-15-20-7-6-8-23(26)17-20/h6-8,11-17,24H,3-5,9-10,18-19H2,1-2H3/p+1/b16-15+. The van der Waals surface area contributed by atoms with Crippen LogP contribution < -0.4 is 5.32 Å². The van der Waals surface area contributed by atoms with Crippen LogP contribution in [0.1, 0.15) is 48.8 Å². The van der Waals surface area contributed by atoms with E-state index >= 15 is 0 Å². The average Bonchev–Trinajstić information content (AvgIpc) is 2.72. The van der Waals surface area contributed by atoms with E-state index in [2.05, 4.69) is 59.6 Å². The number of rotatable bonds is 7. The summed E-state index contributed by atoms with van der Waals surface area (Å²) >= 11 is 3.44. The van der Waals surface area contributed by atoms with Crippen LogP contribution in [0, 0.1) is 0 Å². The Balaban J connectivity index is 1.49. The maximum absolute atomic E-state index is 12.1. The normalized spacial score (nSPS) is 15.6. The molecule has 1 aliphatic carbocycles. The molecule has 0 spiro atoms. The highest BCUT2D eigenvalue weighted by Gasteiger charge is 2.29. The summed E-state index contributed by atoms with van der Waals surface area (Å²) in [5.74, 6) is -0.0795. The lowest BCUT2D eigenvalue weighted by atomic mass is 9.92. The number of carbonyl (C=O) groups is 1. The number of amides is 1. The zero-order valence-electron chi connectivity index (χ0n) is 17.5. The molecular formula is C25H32BrN2O+. The van der Waals surface area contributed by atoms with Crippen LogP contribution in [0.5, 0.6) is 0 Å². The molecule has 3 nitrogen and oxygen atoms in total. The molecule has 154 valence electrons. The summed E-state index contributed by atoms with van der Waals surface area (Å²) in [5, 5.41) is 2.96. The molecule has 0 saturated heterocycles. The number of hydrogen-bond donors (Lipinski definition) is 1. The number of carbonyl (C=O) groups excluding carboxylic acids is 1. The summed E-state index contributed by atoms with van der Waals surface area (Å²) in [7, 11) is 4.73. The number of nitrogens with zero attached hydrogens (tertiary/aromatic N) is 1. The van der Waals surface area contributed by atoms with E-state index in [0.29, 0.717) is 6.54 Å². The minimum absolute atomic E-state index is 0.0795. The quantitative estimate of drug-likeness (QED) is 0.421.